The van der Waals surface area contributed by atoms with Crippen molar-refractivity contribution in [3.05, 3.63) is 47.9 Å². The third kappa shape index (κ3) is 6.94. The summed E-state index contributed by atoms with van der Waals surface area (Å²) in [6, 6.07) is 7.60. The average Bonchev–Trinajstić information content (AvgIpc) is 3.40. The van der Waals surface area contributed by atoms with Crippen LogP contribution in [0.25, 0.3) is 11.4 Å². The van der Waals surface area contributed by atoms with Crippen LogP contribution in [0.3, 0.4) is 0 Å². The molecule has 0 amide bonds. The number of guanidine groups is 1. The third-order valence-electron chi connectivity index (χ3n) is 4.31. The lowest BCUT2D eigenvalue weighted by Crippen LogP contribution is -2.36. The number of rotatable bonds is 7. The normalized spacial score (nSPS) is 11.7. The number of ether oxygens (including phenoxy) is 1. The van der Waals surface area contributed by atoms with Gasteiger partial charge < -0.3 is 19.8 Å². The maximum atomic E-state index is 5.81. The van der Waals surface area contributed by atoms with Crippen LogP contribution in [0.15, 0.2) is 39.9 Å². The summed E-state index contributed by atoms with van der Waals surface area (Å²) < 4.78 is 11.0. The van der Waals surface area contributed by atoms with Crippen LogP contribution in [0.4, 0.5) is 0 Å². The molecular weight excluding hydrogens is 509 g/mol. The molecule has 0 bridgehead atoms. The van der Waals surface area contributed by atoms with E-state index in [-0.39, 0.29) is 29.4 Å². The highest BCUT2D eigenvalue weighted by molar-refractivity contribution is 14.0. The summed E-state index contributed by atoms with van der Waals surface area (Å²) in [6.07, 6.45) is 1.77. The van der Waals surface area contributed by atoms with Crippen molar-refractivity contribution in [3.8, 4) is 17.1 Å². The smallest absolute Gasteiger partial charge is 0.213 e. The fraction of sp³-hybridized carbons (Fsp3) is 0.429. The summed E-state index contributed by atoms with van der Waals surface area (Å²) in [5, 5.41) is 13.6. The van der Waals surface area contributed by atoms with Crippen molar-refractivity contribution in [2.24, 2.45) is 4.99 Å². The molecule has 0 aliphatic carbocycles. The predicted molar refractivity (Wildman–Crippen MR) is 131 cm³/mol. The largest absolute Gasteiger partial charge is 0.497 e. The van der Waals surface area contributed by atoms with E-state index in [4.69, 9.17) is 9.15 Å². The van der Waals surface area contributed by atoms with Crippen LogP contribution in [-0.4, -0.2) is 39.8 Å². The molecule has 3 rings (SSSR count). The van der Waals surface area contributed by atoms with Gasteiger partial charge in [0.05, 0.1) is 19.9 Å². The molecule has 168 valence electrons. The Hall–Kier alpha value is -2.63. The average molecular weight is 539 g/mol. The van der Waals surface area contributed by atoms with Crippen LogP contribution in [0.2, 0.25) is 0 Å². The molecule has 0 saturated carbocycles. The zero-order chi connectivity index (χ0) is 21.6. The van der Waals surface area contributed by atoms with Crippen molar-refractivity contribution in [1.29, 1.82) is 0 Å². The Morgan fingerprint density at radius 3 is 2.55 bits per heavy atom. The van der Waals surface area contributed by atoms with Gasteiger partial charge in [-0.2, -0.15) is 5.10 Å². The molecule has 3 aromatic rings. The van der Waals surface area contributed by atoms with E-state index in [0.29, 0.717) is 36.6 Å². The van der Waals surface area contributed by atoms with E-state index in [2.05, 4.69) is 56.6 Å². The summed E-state index contributed by atoms with van der Waals surface area (Å²) in [4.78, 5) is 13.4. The van der Waals surface area contributed by atoms with E-state index >= 15 is 0 Å². The van der Waals surface area contributed by atoms with Crippen molar-refractivity contribution in [3.63, 3.8) is 0 Å². The number of aromatic nitrogens is 4. The Balaban J connectivity index is 0.00000341. The van der Waals surface area contributed by atoms with Gasteiger partial charge in [0.15, 0.2) is 11.8 Å². The third-order valence-corrected chi connectivity index (χ3v) is 4.31. The topological polar surface area (TPSA) is 113 Å². The van der Waals surface area contributed by atoms with Gasteiger partial charge in [-0.25, -0.2) is 15.0 Å². The van der Waals surface area contributed by atoms with E-state index in [9.17, 15) is 0 Å². The second kappa shape index (κ2) is 11.1. The Morgan fingerprint density at radius 1 is 1.19 bits per heavy atom. The van der Waals surface area contributed by atoms with Crippen molar-refractivity contribution in [1.82, 2.24) is 30.8 Å². The van der Waals surface area contributed by atoms with Gasteiger partial charge in [-0.1, -0.05) is 20.8 Å². The Kier molecular flexibility index (Phi) is 8.84. The zero-order valence-corrected chi connectivity index (χ0v) is 20.9. The SMILES string of the molecule is CCNC(=NCc1nc(-c2ccc(OC)cc2)n[nH]1)NCc1ncc(C(C)(C)C)o1.I. The molecule has 1 aromatic carbocycles. The lowest BCUT2D eigenvalue weighted by Gasteiger charge is -2.13. The molecule has 0 fully saturated rings. The van der Waals surface area contributed by atoms with E-state index in [1.54, 1.807) is 13.3 Å². The van der Waals surface area contributed by atoms with Gasteiger partial charge in [-0.3, -0.25) is 5.10 Å². The lowest BCUT2D eigenvalue weighted by molar-refractivity contribution is 0.379. The fourth-order valence-electron chi connectivity index (χ4n) is 2.63. The van der Waals surface area contributed by atoms with Crippen LogP contribution >= 0.6 is 24.0 Å². The summed E-state index contributed by atoms with van der Waals surface area (Å²) in [7, 11) is 1.64. The Morgan fingerprint density at radius 2 is 1.94 bits per heavy atom. The minimum absolute atomic E-state index is 0. The highest BCUT2D eigenvalue weighted by Gasteiger charge is 2.19. The van der Waals surface area contributed by atoms with Gasteiger partial charge in [-0.15, -0.1) is 24.0 Å². The number of oxazole rings is 1. The van der Waals surface area contributed by atoms with Crippen LogP contribution in [0.5, 0.6) is 5.75 Å². The van der Waals surface area contributed by atoms with Gasteiger partial charge in [0, 0.05) is 17.5 Å². The maximum absolute atomic E-state index is 5.81. The highest BCUT2D eigenvalue weighted by atomic mass is 127. The summed E-state index contributed by atoms with van der Waals surface area (Å²) in [5.74, 6) is 4.21. The molecule has 2 aromatic heterocycles. The van der Waals surface area contributed by atoms with Crippen molar-refractivity contribution in [2.75, 3.05) is 13.7 Å². The molecule has 3 N–H and O–H groups in total. The number of hydrogen-bond donors (Lipinski definition) is 3. The first kappa shape index (κ1) is 24.6. The number of H-pyrrole nitrogens is 1. The van der Waals surface area contributed by atoms with Gasteiger partial charge >= 0.3 is 0 Å². The second-order valence-corrected chi connectivity index (χ2v) is 7.75. The quantitative estimate of drug-likeness (QED) is 0.239. The molecule has 0 radical (unpaired) electrons. The first-order valence-corrected chi connectivity index (χ1v) is 9.92. The van der Waals surface area contributed by atoms with Crippen LogP contribution in [0, 0.1) is 0 Å². The Bertz CT molecular complexity index is 974. The Labute approximate surface area is 199 Å². The zero-order valence-electron chi connectivity index (χ0n) is 18.5. The fourth-order valence-corrected chi connectivity index (χ4v) is 2.63. The van der Waals surface area contributed by atoms with Gasteiger partial charge in [0.2, 0.25) is 5.89 Å². The predicted octanol–water partition coefficient (Wildman–Crippen LogP) is 3.64. The maximum Gasteiger partial charge on any atom is 0.213 e. The van der Waals surface area contributed by atoms with Crippen LogP contribution in [-0.2, 0) is 18.5 Å². The molecule has 31 heavy (non-hydrogen) atoms. The first-order chi connectivity index (χ1) is 14.4. The minimum Gasteiger partial charge on any atom is -0.497 e. The summed E-state index contributed by atoms with van der Waals surface area (Å²) in [6.45, 7) is 9.82. The molecular formula is C21H30IN7O2. The van der Waals surface area contributed by atoms with Gasteiger partial charge in [0.25, 0.3) is 0 Å². The molecule has 0 aliphatic rings. The molecule has 0 spiro atoms. The van der Waals surface area contributed by atoms with Crippen molar-refractivity contribution < 1.29 is 9.15 Å². The van der Waals surface area contributed by atoms with Gasteiger partial charge in [-0.05, 0) is 31.2 Å². The lowest BCUT2D eigenvalue weighted by atomic mass is 9.94. The number of methoxy groups -OCH3 is 1. The van der Waals surface area contributed by atoms with E-state index in [0.717, 1.165) is 23.6 Å². The standard InChI is InChI=1S/C21H29N7O2.HI/c1-6-22-20(25-13-18-23-11-16(30-18)21(2,3)4)24-12-17-26-19(28-27-17)14-7-9-15(29-5)10-8-14;/h7-11H,6,12-13H2,1-5H3,(H2,22,24,25)(H,26,27,28);1H. The number of aromatic amines is 1. The van der Waals surface area contributed by atoms with Gasteiger partial charge in [0.1, 0.15) is 23.9 Å². The minimum atomic E-state index is -0.0717. The molecule has 0 atom stereocenters. The van der Waals surface area contributed by atoms with Crippen LogP contribution in [0.1, 0.15) is 45.2 Å². The number of benzene rings is 1. The molecule has 0 aliphatic heterocycles. The monoisotopic (exact) mass is 539 g/mol. The highest BCUT2D eigenvalue weighted by Crippen LogP contribution is 2.22. The van der Waals surface area contributed by atoms with Crippen molar-refractivity contribution in [2.45, 2.75) is 46.2 Å². The number of aliphatic imine (C=N–C) groups is 1. The molecule has 2 heterocycles. The molecule has 0 unspecified atom stereocenters. The summed E-state index contributed by atoms with van der Waals surface area (Å²) >= 11 is 0. The summed E-state index contributed by atoms with van der Waals surface area (Å²) in [5.41, 5.74) is 0.836. The van der Waals surface area contributed by atoms with E-state index in [1.165, 1.54) is 0 Å². The molecule has 0 saturated heterocycles. The van der Waals surface area contributed by atoms with E-state index < -0.39 is 0 Å². The number of nitrogens with zero attached hydrogens (tertiary/aromatic N) is 4. The van der Waals surface area contributed by atoms with Crippen LogP contribution < -0.4 is 15.4 Å². The number of halogens is 1. The second-order valence-electron chi connectivity index (χ2n) is 7.75. The van der Waals surface area contributed by atoms with Crippen molar-refractivity contribution >= 4 is 29.9 Å². The van der Waals surface area contributed by atoms with E-state index in [1.807, 2.05) is 31.2 Å². The first-order valence-electron chi connectivity index (χ1n) is 9.92. The number of hydrogen-bond acceptors (Lipinski definition) is 6. The number of nitrogens with one attached hydrogen (secondary N) is 3. The molecule has 9 nitrogen and oxygen atoms in total. The molecule has 10 heteroatoms.